The number of benzene rings is 3. The predicted molar refractivity (Wildman–Crippen MR) is 104 cm³/mol. The van der Waals surface area contributed by atoms with Crippen LogP contribution in [0.25, 0.3) is 38.6 Å². The van der Waals surface area contributed by atoms with E-state index in [1.807, 2.05) is 54.6 Å². The van der Waals surface area contributed by atoms with Crippen LogP contribution in [0, 0.1) is 0 Å². The Bertz CT molecular complexity index is 1240. The van der Waals surface area contributed by atoms with E-state index >= 15 is 0 Å². The van der Waals surface area contributed by atoms with E-state index in [1.165, 1.54) is 0 Å². The average Bonchev–Trinajstić information content (AvgIpc) is 3.05. The van der Waals surface area contributed by atoms with Crippen molar-refractivity contribution in [3.63, 3.8) is 0 Å². The largest absolute Gasteiger partial charge is 0.382 e. The smallest absolute Gasteiger partial charge is 0.188 e. The highest BCUT2D eigenvalue weighted by Crippen LogP contribution is 2.33. The third-order valence-electron chi connectivity index (χ3n) is 4.58. The highest BCUT2D eigenvalue weighted by Gasteiger charge is 2.17. The van der Waals surface area contributed by atoms with Crippen molar-refractivity contribution < 1.29 is 0 Å². The highest BCUT2D eigenvalue weighted by molar-refractivity contribution is 6.01. The Morgan fingerprint density at radius 2 is 1.58 bits per heavy atom. The first-order valence-corrected chi connectivity index (χ1v) is 8.36. The van der Waals surface area contributed by atoms with Crippen LogP contribution in [0.2, 0.25) is 0 Å². The SMILES string of the molecule is Nc1nn(-c2cccc3ccccc23)c2nncc(-c3ccccc3)c12. The molecule has 0 spiro atoms. The molecule has 2 heterocycles. The molecule has 26 heavy (non-hydrogen) atoms. The summed E-state index contributed by atoms with van der Waals surface area (Å²) in [5.74, 6) is 0.446. The molecule has 0 atom stereocenters. The van der Waals surface area contributed by atoms with Crippen LogP contribution < -0.4 is 5.73 Å². The Hall–Kier alpha value is -3.73. The second-order valence-electron chi connectivity index (χ2n) is 6.12. The first-order chi connectivity index (χ1) is 12.8. The molecule has 5 aromatic rings. The molecule has 0 aliphatic carbocycles. The van der Waals surface area contributed by atoms with Crippen molar-refractivity contribution in [2.24, 2.45) is 0 Å². The molecule has 124 valence electrons. The second kappa shape index (κ2) is 5.67. The van der Waals surface area contributed by atoms with Gasteiger partial charge in [-0.2, -0.15) is 5.10 Å². The molecule has 0 aliphatic heterocycles. The number of nitrogens with zero attached hydrogens (tertiary/aromatic N) is 4. The van der Waals surface area contributed by atoms with Crippen LogP contribution in [0.3, 0.4) is 0 Å². The molecule has 0 radical (unpaired) electrons. The van der Waals surface area contributed by atoms with Gasteiger partial charge < -0.3 is 5.73 Å². The summed E-state index contributed by atoms with van der Waals surface area (Å²) in [5, 5.41) is 16.2. The van der Waals surface area contributed by atoms with Gasteiger partial charge in [-0.3, -0.25) is 0 Å². The van der Waals surface area contributed by atoms with E-state index in [4.69, 9.17) is 5.73 Å². The van der Waals surface area contributed by atoms with Crippen molar-refractivity contribution in [2.75, 3.05) is 5.73 Å². The van der Waals surface area contributed by atoms with E-state index in [-0.39, 0.29) is 0 Å². The summed E-state index contributed by atoms with van der Waals surface area (Å²) < 4.78 is 1.78. The minimum absolute atomic E-state index is 0.446. The topological polar surface area (TPSA) is 69.6 Å². The Kier molecular flexibility index (Phi) is 3.18. The monoisotopic (exact) mass is 337 g/mol. The lowest BCUT2D eigenvalue weighted by Gasteiger charge is -2.07. The van der Waals surface area contributed by atoms with E-state index in [0.29, 0.717) is 11.5 Å². The summed E-state index contributed by atoms with van der Waals surface area (Å²) >= 11 is 0. The lowest BCUT2D eigenvalue weighted by atomic mass is 10.1. The minimum atomic E-state index is 0.446. The summed E-state index contributed by atoms with van der Waals surface area (Å²) in [5.41, 5.74) is 9.85. The maximum absolute atomic E-state index is 6.30. The Labute approximate surface area is 149 Å². The molecule has 2 aromatic heterocycles. The maximum Gasteiger partial charge on any atom is 0.188 e. The molecule has 5 heteroatoms. The van der Waals surface area contributed by atoms with Crippen LogP contribution in [-0.4, -0.2) is 20.0 Å². The number of rotatable bonds is 2. The normalized spacial score (nSPS) is 11.2. The molecule has 0 amide bonds. The molecule has 0 saturated carbocycles. The zero-order chi connectivity index (χ0) is 17.5. The van der Waals surface area contributed by atoms with Gasteiger partial charge in [-0.15, -0.1) is 10.2 Å². The van der Waals surface area contributed by atoms with E-state index in [9.17, 15) is 0 Å². The predicted octanol–water partition coefficient (Wildman–Crippen LogP) is 4.22. The quantitative estimate of drug-likeness (QED) is 0.524. The molecule has 0 bridgehead atoms. The summed E-state index contributed by atoms with van der Waals surface area (Å²) in [7, 11) is 0. The van der Waals surface area contributed by atoms with Crippen molar-refractivity contribution in [3.05, 3.63) is 79.0 Å². The molecule has 0 fully saturated rings. The van der Waals surface area contributed by atoms with Gasteiger partial charge in [-0.05, 0) is 17.0 Å². The van der Waals surface area contributed by atoms with Gasteiger partial charge in [0, 0.05) is 10.9 Å². The molecule has 0 saturated heterocycles. The first kappa shape index (κ1) is 14.6. The summed E-state index contributed by atoms with van der Waals surface area (Å²) in [6.07, 6.45) is 1.74. The number of aromatic nitrogens is 4. The van der Waals surface area contributed by atoms with Crippen LogP contribution in [0.1, 0.15) is 0 Å². The van der Waals surface area contributed by atoms with E-state index in [2.05, 4.69) is 33.5 Å². The fraction of sp³-hybridized carbons (Fsp3) is 0. The molecule has 0 unspecified atom stereocenters. The van der Waals surface area contributed by atoms with E-state index < -0.39 is 0 Å². The van der Waals surface area contributed by atoms with E-state index in [1.54, 1.807) is 10.9 Å². The number of hydrogen-bond acceptors (Lipinski definition) is 4. The molecule has 0 aliphatic rings. The van der Waals surface area contributed by atoms with Crippen LogP contribution >= 0.6 is 0 Å². The molecule has 5 nitrogen and oxygen atoms in total. The minimum Gasteiger partial charge on any atom is -0.382 e. The van der Waals surface area contributed by atoms with Crippen molar-refractivity contribution in [1.29, 1.82) is 0 Å². The van der Waals surface area contributed by atoms with Gasteiger partial charge in [0.2, 0.25) is 0 Å². The Morgan fingerprint density at radius 1 is 0.808 bits per heavy atom. The zero-order valence-corrected chi connectivity index (χ0v) is 13.9. The van der Waals surface area contributed by atoms with Crippen LogP contribution in [0.15, 0.2) is 79.0 Å². The number of hydrogen-bond donors (Lipinski definition) is 1. The average molecular weight is 337 g/mol. The molecular weight excluding hydrogens is 322 g/mol. The van der Waals surface area contributed by atoms with Crippen LogP contribution in [0.4, 0.5) is 5.82 Å². The number of nitrogen functional groups attached to an aromatic ring is 1. The van der Waals surface area contributed by atoms with Gasteiger partial charge in [-0.1, -0.05) is 66.7 Å². The fourth-order valence-electron chi connectivity index (χ4n) is 3.38. The highest BCUT2D eigenvalue weighted by atomic mass is 15.3. The van der Waals surface area contributed by atoms with Crippen LogP contribution in [-0.2, 0) is 0 Å². The Morgan fingerprint density at radius 3 is 2.46 bits per heavy atom. The first-order valence-electron chi connectivity index (χ1n) is 8.36. The van der Waals surface area contributed by atoms with E-state index in [0.717, 1.165) is 33.0 Å². The fourth-order valence-corrected chi connectivity index (χ4v) is 3.38. The zero-order valence-electron chi connectivity index (χ0n) is 13.9. The van der Waals surface area contributed by atoms with Crippen molar-refractivity contribution in [3.8, 4) is 16.8 Å². The summed E-state index contributed by atoms with van der Waals surface area (Å²) in [6, 6.07) is 24.3. The third kappa shape index (κ3) is 2.14. The van der Waals surface area contributed by atoms with Gasteiger partial charge >= 0.3 is 0 Å². The van der Waals surface area contributed by atoms with Crippen molar-refractivity contribution >= 4 is 27.6 Å². The maximum atomic E-state index is 6.30. The van der Waals surface area contributed by atoms with Crippen LogP contribution in [0.5, 0.6) is 0 Å². The molecule has 5 rings (SSSR count). The number of anilines is 1. The van der Waals surface area contributed by atoms with Gasteiger partial charge in [0.15, 0.2) is 11.5 Å². The third-order valence-corrected chi connectivity index (χ3v) is 4.58. The Balaban J connectivity index is 1.84. The van der Waals surface area contributed by atoms with Gasteiger partial charge in [-0.25, -0.2) is 4.68 Å². The molecular formula is C21H15N5. The summed E-state index contributed by atoms with van der Waals surface area (Å²) in [4.78, 5) is 0. The lowest BCUT2D eigenvalue weighted by molar-refractivity contribution is 0.891. The second-order valence-corrected chi connectivity index (χ2v) is 6.12. The molecule has 3 aromatic carbocycles. The number of nitrogens with two attached hydrogens (primary N) is 1. The van der Waals surface area contributed by atoms with Crippen molar-refractivity contribution in [1.82, 2.24) is 20.0 Å². The standard InChI is InChI=1S/C21H15N5/c22-20-19-17(15-7-2-1-3-8-15)13-23-24-21(19)26(25-20)18-12-6-10-14-9-4-5-11-16(14)18/h1-13H,(H2,22,25). The molecule has 2 N–H and O–H groups in total. The lowest BCUT2D eigenvalue weighted by Crippen LogP contribution is -2.00. The van der Waals surface area contributed by atoms with Gasteiger partial charge in [0.25, 0.3) is 0 Å². The van der Waals surface area contributed by atoms with Crippen molar-refractivity contribution in [2.45, 2.75) is 0 Å². The van der Waals surface area contributed by atoms with Gasteiger partial charge in [0.1, 0.15) is 0 Å². The number of fused-ring (bicyclic) bond motifs is 2. The van der Waals surface area contributed by atoms with Gasteiger partial charge in [0.05, 0.1) is 17.3 Å². The summed E-state index contributed by atoms with van der Waals surface area (Å²) in [6.45, 7) is 0.